The second-order valence-corrected chi connectivity index (χ2v) is 13.5. The molecule has 0 saturated carbocycles. The van der Waals surface area contributed by atoms with Gasteiger partial charge in [0.15, 0.2) is 17.1 Å². The van der Waals surface area contributed by atoms with Crippen LogP contribution in [0.3, 0.4) is 0 Å². The largest absolute Gasteiger partial charge is 0.208 e. The smallest absolute Gasteiger partial charge is 0.165 e. The summed E-state index contributed by atoms with van der Waals surface area (Å²) in [5.41, 5.74) is 2.31. The van der Waals surface area contributed by atoms with Gasteiger partial charge in [0, 0.05) is 36.5 Å². The molecule has 0 aliphatic carbocycles. The van der Waals surface area contributed by atoms with Crippen LogP contribution in [0.5, 0.6) is 0 Å². The van der Waals surface area contributed by atoms with E-state index in [4.69, 9.17) is 15.0 Å². The van der Waals surface area contributed by atoms with Gasteiger partial charge >= 0.3 is 0 Å². The average molecular weight is 642 g/mol. The van der Waals surface area contributed by atoms with Crippen molar-refractivity contribution < 1.29 is 0 Å². The van der Waals surface area contributed by atoms with Crippen molar-refractivity contribution in [1.29, 1.82) is 0 Å². The third-order valence-electron chi connectivity index (χ3n) is 9.44. The molecule has 0 aliphatic rings. The summed E-state index contributed by atoms with van der Waals surface area (Å²) in [4.78, 5) is 15.5. The summed E-state index contributed by atoms with van der Waals surface area (Å²) in [5, 5.41) is 13.6. The van der Waals surface area contributed by atoms with Crippen molar-refractivity contribution in [1.82, 2.24) is 15.0 Å². The van der Waals surface area contributed by atoms with E-state index in [2.05, 4.69) is 164 Å². The number of thiophene rings is 1. The van der Waals surface area contributed by atoms with Crippen molar-refractivity contribution >= 4 is 96.7 Å². The first-order chi connectivity index (χ1) is 24.2. The highest BCUT2D eigenvalue weighted by Gasteiger charge is 2.14. The van der Waals surface area contributed by atoms with Crippen LogP contribution in [-0.2, 0) is 0 Å². The number of fused-ring (bicyclic) bond motifs is 21. The summed E-state index contributed by atoms with van der Waals surface area (Å²) in [6.45, 7) is 0. The van der Waals surface area contributed by atoms with Crippen LogP contribution in [0, 0.1) is 0 Å². The fourth-order valence-electron chi connectivity index (χ4n) is 6.99. The van der Waals surface area contributed by atoms with E-state index >= 15 is 0 Å². The Labute approximate surface area is 285 Å². The number of nitrogens with zero attached hydrogens (tertiary/aromatic N) is 3. The van der Waals surface area contributed by atoms with Gasteiger partial charge in [0.1, 0.15) is 0 Å². The van der Waals surface area contributed by atoms with Gasteiger partial charge in [0.2, 0.25) is 0 Å². The highest BCUT2D eigenvalue weighted by Crippen LogP contribution is 2.39. The van der Waals surface area contributed by atoms with E-state index in [1.807, 2.05) is 0 Å². The van der Waals surface area contributed by atoms with E-state index in [1.165, 1.54) is 41.7 Å². The molecule has 7 aromatic carbocycles. The van der Waals surface area contributed by atoms with Gasteiger partial charge in [0.25, 0.3) is 0 Å². The van der Waals surface area contributed by atoms with Crippen molar-refractivity contribution in [2.24, 2.45) is 0 Å². The SMILES string of the molecule is c1cc2cc(c1)c1cccc(c1)c1cccc(c1)c1nc(-c3cccc4c3sc3ccccc34)nc(n1)c1cccc(c1)c1cccc2c1. The standard InChI is InChI=1S/C45H27N3S/c1-2-22-41-38(19-1)39-20-8-21-40(42(39)49-41)45-47-43-36-17-6-15-34(26-36)32-13-4-11-30(24-32)28-9-3-10-29(23-28)31-12-5-14-33(25-31)35-16-7-18-37(27-35)44(46-43)48-45/h1-27H. The highest BCUT2D eigenvalue weighted by atomic mass is 32.1. The van der Waals surface area contributed by atoms with Gasteiger partial charge in [-0.15, -0.1) is 11.3 Å². The van der Waals surface area contributed by atoms with Gasteiger partial charge in [-0.3, -0.25) is 0 Å². The maximum absolute atomic E-state index is 5.19. The van der Waals surface area contributed by atoms with Gasteiger partial charge in [-0.2, -0.15) is 0 Å². The van der Waals surface area contributed by atoms with Crippen molar-refractivity contribution in [3.05, 3.63) is 164 Å². The van der Waals surface area contributed by atoms with Gasteiger partial charge in [0.05, 0.1) is 0 Å². The van der Waals surface area contributed by atoms with Crippen LogP contribution in [0.1, 0.15) is 0 Å². The molecule has 12 bridgehead atoms. The fourth-order valence-corrected chi connectivity index (χ4v) is 8.20. The zero-order valence-corrected chi connectivity index (χ0v) is 27.2. The molecular weight excluding hydrogens is 615 g/mol. The number of benzene rings is 7. The third-order valence-corrected chi connectivity index (χ3v) is 10.7. The van der Waals surface area contributed by atoms with E-state index in [-0.39, 0.29) is 0 Å². The van der Waals surface area contributed by atoms with Crippen molar-refractivity contribution in [2.75, 3.05) is 0 Å². The second-order valence-electron chi connectivity index (χ2n) is 12.5. The Morgan fingerprint density at radius 1 is 0.327 bits per heavy atom. The number of hydrogen-bond acceptors (Lipinski definition) is 4. The summed E-state index contributed by atoms with van der Waals surface area (Å²) in [5.74, 6) is 0.671. The van der Waals surface area contributed by atoms with Gasteiger partial charge in [-0.25, -0.2) is 15.0 Å². The minimum Gasteiger partial charge on any atom is -0.208 e. The predicted octanol–water partition coefficient (Wildman–Crippen LogP) is 12.5. The molecule has 0 amide bonds. The first-order valence-electron chi connectivity index (χ1n) is 16.4. The van der Waals surface area contributed by atoms with E-state index in [0.717, 1.165) is 37.9 Å². The molecular formula is C45H27N3S. The van der Waals surface area contributed by atoms with Crippen molar-refractivity contribution in [2.45, 2.75) is 0 Å². The molecule has 0 radical (unpaired) electrons. The molecule has 0 spiro atoms. The highest BCUT2D eigenvalue weighted by molar-refractivity contribution is 7.26. The molecule has 0 unspecified atom stereocenters. The molecule has 3 heterocycles. The third kappa shape index (κ3) is 4.85. The summed E-state index contributed by atoms with van der Waals surface area (Å²) in [6, 6.07) is 58.5. The van der Waals surface area contributed by atoms with Crippen LogP contribution >= 0.6 is 11.3 Å². The first-order valence-corrected chi connectivity index (χ1v) is 17.2. The minimum atomic E-state index is 0.650. The van der Waals surface area contributed by atoms with E-state index < -0.39 is 0 Å². The predicted molar refractivity (Wildman–Crippen MR) is 210 cm³/mol. The topological polar surface area (TPSA) is 38.7 Å². The summed E-state index contributed by atoms with van der Waals surface area (Å²) >= 11 is 1.79. The lowest BCUT2D eigenvalue weighted by Crippen LogP contribution is -1.94. The Morgan fingerprint density at radius 3 is 1.20 bits per heavy atom. The summed E-state index contributed by atoms with van der Waals surface area (Å²) < 4.78 is 2.43. The number of hydrogen-bond donors (Lipinski definition) is 0. The molecule has 3 aromatic heterocycles. The van der Waals surface area contributed by atoms with E-state index in [0.29, 0.717) is 17.1 Å². The van der Waals surface area contributed by atoms with Gasteiger partial charge < -0.3 is 0 Å². The lowest BCUT2D eigenvalue weighted by molar-refractivity contribution is 1.19. The zero-order chi connectivity index (χ0) is 32.3. The van der Waals surface area contributed by atoms with Crippen LogP contribution in [0.2, 0.25) is 0 Å². The summed E-state index contributed by atoms with van der Waals surface area (Å²) in [6.07, 6.45) is 0. The van der Waals surface area contributed by atoms with Crippen molar-refractivity contribution in [3.8, 4) is 11.4 Å². The second kappa shape index (κ2) is 11.2. The Hall–Kier alpha value is -6.23. The van der Waals surface area contributed by atoms with Crippen molar-refractivity contribution in [3.63, 3.8) is 0 Å². The van der Waals surface area contributed by atoms with Gasteiger partial charge in [-0.1, -0.05) is 121 Å². The maximum atomic E-state index is 5.19. The van der Waals surface area contributed by atoms with Gasteiger partial charge in [-0.05, 0) is 85.6 Å². The molecule has 49 heavy (non-hydrogen) atoms. The van der Waals surface area contributed by atoms with Crippen LogP contribution in [0.25, 0.3) is 96.7 Å². The van der Waals surface area contributed by atoms with Crippen LogP contribution in [-0.4, -0.2) is 15.0 Å². The Morgan fingerprint density at radius 2 is 0.714 bits per heavy atom. The molecule has 10 aromatic rings. The van der Waals surface area contributed by atoms with E-state index in [9.17, 15) is 0 Å². The summed E-state index contributed by atoms with van der Waals surface area (Å²) in [7, 11) is 0. The molecule has 0 atom stereocenters. The fraction of sp³-hybridized carbons (Fsp3) is 0. The first kappa shape index (κ1) is 27.8. The maximum Gasteiger partial charge on any atom is 0.165 e. The minimum absolute atomic E-state index is 0.650. The van der Waals surface area contributed by atoms with Crippen LogP contribution in [0.15, 0.2) is 164 Å². The Kier molecular flexibility index (Phi) is 6.36. The Balaban J connectivity index is 1.38. The average Bonchev–Trinajstić information content (AvgIpc) is 3.57. The van der Waals surface area contributed by atoms with Crippen LogP contribution < -0.4 is 0 Å². The lowest BCUT2D eigenvalue weighted by Gasteiger charge is -2.05. The molecule has 3 nitrogen and oxygen atoms in total. The molecule has 0 saturated heterocycles. The molecule has 4 heteroatoms. The Bertz CT molecular complexity index is 2930. The molecule has 0 N–H and O–H groups in total. The zero-order valence-electron chi connectivity index (χ0n) is 26.3. The number of rotatable bonds is 1. The van der Waals surface area contributed by atoms with Crippen LogP contribution in [0.4, 0.5) is 0 Å². The number of aromatic nitrogens is 3. The lowest BCUT2D eigenvalue weighted by atomic mass is 10.0. The molecule has 0 fully saturated rings. The molecule has 0 aliphatic heterocycles. The normalized spacial score (nSPS) is 11.7. The monoisotopic (exact) mass is 641 g/mol. The quantitative estimate of drug-likeness (QED) is 0.179. The molecule has 10 rings (SSSR count). The molecule has 228 valence electrons. The van der Waals surface area contributed by atoms with E-state index in [1.54, 1.807) is 11.3 Å².